The van der Waals surface area contributed by atoms with Crippen LogP contribution in [0.2, 0.25) is 0 Å². The van der Waals surface area contributed by atoms with Crippen molar-refractivity contribution in [3.63, 3.8) is 0 Å². The van der Waals surface area contributed by atoms with Crippen LogP contribution < -0.4 is 0 Å². The van der Waals surface area contributed by atoms with Gasteiger partial charge in [0.05, 0.1) is 19.6 Å². The van der Waals surface area contributed by atoms with Crippen molar-refractivity contribution in [3.8, 4) is 0 Å². The second-order valence-electron chi connectivity index (χ2n) is 9.25. The van der Waals surface area contributed by atoms with Gasteiger partial charge in [-0.25, -0.2) is 0 Å². The first-order valence-corrected chi connectivity index (χ1v) is 13.7. The van der Waals surface area contributed by atoms with Crippen molar-refractivity contribution in [1.82, 2.24) is 0 Å². The Morgan fingerprint density at radius 3 is 2.21 bits per heavy atom. The number of fused-ring (bicyclic) bond motifs is 4. The third-order valence-electron chi connectivity index (χ3n) is 7.47. The van der Waals surface area contributed by atoms with Crippen LogP contribution in [0, 0.1) is 30.3 Å². The highest BCUT2D eigenvalue weighted by molar-refractivity contribution is 8.02. The molecule has 0 amide bonds. The van der Waals surface area contributed by atoms with E-state index in [2.05, 4.69) is 6.58 Å². The SMILES string of the molecule is C=C1/C(=C/Sc2ccccc2[N+](=O)[O-])[C@@H]2O[C@H]1C1=C2CC[C@](CC)([N+](=O)[O-])[C@@H]1Sc1ccccc1[N+](=O)[O-]. The zero-order chi connectivity index (χ0) is 27.2. The molecule has 2 aliphatic heterocycles. The lowest BCUT2D eigenvalue weighted by molar-refractivity contribution is -0.570. The van der Waals surface area contributed by atoms with Crippen LogP contribution in [0.25, 0.3) is 0 Å². The third kappa shape index (κ3) is 4.12. The molecule has 38 heavy (non-hydrogen) atoms. The van der Waals surface area contributed by atoms with E-state index in [0.29, 0.717) is 21.8 Å². The Morgan fingerprint density at radius 2 is 1.61 bits per heavy atom. The summed E-state index contributed by atoms with van der Waals surface area (Å²) < 4.78 is 6.31. The van der Waals surface area contributed by atoms with Crippen molar-refractivity contribution in [3.05, 3.63) is 113 Å². The Hall–Kier alpha value is -3.48. The van der Waals surface area contributed by atoms with E-state index in [4.69, 9.17) is 4.74 Å². The van der Waals surface area contributed by atoms with Gasteiger partial charge in [0.2, 0.25) is 5.54 Å². The first-order valence-electron chi connectivity index (χ1n) is 11.9. The normalized spacial score (nSPS) is 27.0. The minimum atomic E-state index is -1.31. The van der Waals surface area contributed by atoms with Crippen molar-refractivity contribution in [2.24, 2.45) is 0 Å². The van der Waals surface area contributed by atoms with E-state index < -0.39 is 32.8 Å². The van der Waals surface area contributed by atoms with Crippen molar-refractivity contribution in [2.45, 2.75) is 59.0 Å². The van der Waals surface area contributed by atoms with Crippen molar-refractivity contribution in [1.29, 1.82) is 0 Å². The molecule has 5 rings (SSSR count). The summed E-state index contributed by atoms with van der Waals surface area (Å²) in [5.41, 5.74) is 1.77. The smallest absolute Gasteiger partial charge is 0.283 e. The summed E-state index contributed by atoms with van der Waals surface area (Å²) >= 11 is 2.37. The number of hydrogen-bond donors (Lipinski definition) is 0. The number of nitro benzene ring substituents is 2. The molecule has 2 aromatic carbocycles. The molecule has 1 aliphatic carbocycles. The lowest BCUT2D eigenvalue weighted by Crippen LogP contribution is -2.52. The molecule has 0 aromatic heterocycles. The van der Waals surface area contributed by atoms with Crippen molar-refractivity contribution >= 4 is 34.9 Å². The summed E-state index contributed by atoms with van der Waals surface area (Å²) in [6.07, 6.45) is -0.0424. The van der Waals surface area contributed by atoms with E-state index in [1.807, 2.05) is 5.41 Å². The van der Waals surface area contributed by atoms with Crippen LogP contribution >= 0.6 is 23.5 Å². The van der Waals surface area contributed by atoms with E-state index in [1.165, 1.54) is 23.9 Å². The molecule has 12 heteroatoms. The maximum Gasteiger partial charge on any atom is 0.283 e. The van der Waals surface area contributed by atoms with Crippen LogP contribution in [0.15, 0.2) is 92.6 Å². The second-order valence-corrected chi connectivity index (χ2v) is 11.3. The van der Waals surface area contributed by atoms with Gasteiger partial charge in [0.1, 0.15) is 17.5 Å². The van der Waals surface area contributed by atoms with Crippen LogP contribution in [0.3, 0.4) is 0 Å². The number of rotatable bonds is 8. The summed E-state index contributed by atoms with van der Waals surface area (Å²) in [5.74, 6) is 0. The van der Waals surface area contributed by atoms with Gasteiger partial charge in [0.25, 0.3) is 11.4 Å². The van der Waals surface area contributed by atoms with Crippen LogP contribution in [0.5, 0.6) is 0 Å². The maximum atomic E-state index is 12.5. The highest BCUT2D eigenvalue weighted by atomic mass is 32.2. The molecule has 0 saturated carbocycles. The van der Waals surface area contributed by atoms with E-state index in [9.17, 15) is 30.3 Å². The first kappa shape index (κ1) is 26.1. The summed E-state index contributed by atoms with van der Waals surface area (Å²) in [4.78, 5) is 35.3. The highest BCUT2D eigenvalue weighted by Gasteiger charge is 2.61. The number of benzene rings is 2. The fourth-order valence-electron chi connectivity index (χ4n) is 5.47. The molecule has 1 saturated heterocycles. The van der Waals surface area contributed by atoms with E-state index in [1.54, 1.807) is 43.3 Å². The predicted octanol–water partition coefficient (Wildman–Crippen LogP) is 6.49. The molecule has 2 aromatic rings. The summed E-state index contributed by atoms with van der Waals surface area (Å²) in [6, 6.07) is 12.7. The number of para-hydroxylation sites is 2. The van der Waals surface area contributed by atoms with Crippen LogP contribution in [-0.4, -0.2) is 37.8 Å². The van der Waals surface area contributed by atoms with Gasteiger partial charge < -0.3 is 4.74 Å². The van der Waals surface area contributed by atoms with Gasteiger partial charge in [-0.05, 0) is 46.3 Å². The molecule has 1 fully saturated rings. The second kappa shape index (κ2) is 10.0. The molecule has 196 valence electrons. The van der Waals surface area contributed by atoms with Crippen LogP contribution in [-0.2, 0) is 4.74 Å². The number of nitro groups is 3. The number of thioether (sulfide) groups is 2. The molecule has 2 bridgehead atoms. The average Bonchev–Trinajstić information content (AvgIpc) is 3.43. The predicted molar refractivity (Wildman–Crippen MR) is 144 cm³/mol. The lowest BCUT2D eigenvalue weighted by atomic mass is 9.70. The van der Waals surface area contributed by atoms with Gasteiger partial charge in [0.15, 0.2) is 0 Å². The number of ether oxygens (including phenoxy) is 1. The molecule has 0 radical (unpaired) electrons. The van der Waals surface area contributed by atoms with E-state index >= 15 is 0 Å². The van der Waals surface area contributed by atoms with Gasteiger partial charge in [-0.2, -0.15) is 0 Å². The third-order valence-corrected chi connectivity index (χ3v) is 9.97. The summed E-state index contributed by atoms with van der Waals surface area (Å²) in [6.45, 7) is 6.00. The van der Waals surface area contributed by atoms with E-state index in [-0.39, 0.29) is 29.1 Å². The van der Waals surface area contributed by atoms with Gasteiger partial charge in [-0.3, -0.25) is 30.3 Å². The standard InChI is InChI=1S/C26H23N3O7S2/c1-3-26(29(34)35)13-12-16-22(25(26)38-21-11-7-5-9-19(21)28(32)33)23-15(2)17(24(16)36-23)14-37-20-10-6-4-8-18(20)27(30)31/h4-11,14,23-25H,2-3,12-13H2,1H3/b17-14-/t23-,24-,25-,26+/m1/s1. The molecule has 0 unspecified atom stereocenters. The zero-order valence-electron chi connectivity index (χ0n) is 20.3. The minimum Gasteiger partial charge on any atom is -0.357 e. The largest absolute Gasteiger partial charge is 0.357 e. The van der Waals surface area contributed by atoms with Crippen molar-refractivity contribution in [2.75, 3.05) is 0 Å². The highest BCUT2D eigenvalue weighted by Crippen LogP contribution is 2.58. The molecule has 0 N–H and O–H groups in total. The quantitative estimate of drug-likeness (QED) is 0.155. The van der Waals surface area contributed by atoms with Crippen molar-refractivity contribution < 1.29 is 19.5 Å². The number of nitrogens with zero attached hydrogens (tertiary/aromatic N) is 3. The van der Waals surface area contributed by atoms with Gasteiger partial charge in [-0.1, -0.05) is 49.5 Å². The van der Waals surface area contributed by atoms with Crippen LogP contribution in [0.4, 0.5) is 11.4 Å². The molecule has 10 nitrogen and oxygen atoms in total. The number of hydrogen-bond acceptors (Lipinski definition) is 9. The Kier molecular flexibility index (Phi) is 6.88. The molecular weight excluding hydrogens is 530 g/mol. The average molecular weight is 554 g/mol. The maximum absolute atomic E-state index is 12.5. The molecular formula is C26H23N3O7S2. The van der Waals surface area contributed by atoms with Gasteiger partial charge >= 0.3 is 0 Å². The fraction of sp³-hybridized carbons (Fsp3) is 0.308. The monoisotopic (exact) mass is 553 g/mol. The molecule has 0 spiro atoms. The molecule has 2 heterocycles. The zero-order valence-corrected chi connectivity index (χ0v) is 21.9. The Morgan fingerprint density at radius 1 is 1.00 bits per heavy atom. The summed E-state index contributed by atoms with van der Waals surface area (Å²) in [5, 5.41) is 36.8. The van der Waals surface area contributed by atoms with Crippen LogP contribution in [0.1, 0.15) is 26.2 Å². The van der Waals surface area contributed by atoms with Gasteiger partial charge in [-0.15, -0.1) is 11.8 Å². The lowest BCUT2D eigenvalue weighted by Gasteiger charge is -2.39. The Balaban J connectivity index is 1.55. The Bertz CT molecular complexity index is 1440. The molecule has 4 atom stereocenters. The van der Waals surface area contributed by atoms with E-state index in [0.717, 1.165) is 28.5 Å². The molecule has 3 aliphatic rings. The summed E-state index contributed by atoms with van der Waals surface area (Å²) in [7, 11) is 0. The van der Waals surface area contributed by atoms with Gasteiger partial charge in [0, 0.05) is 29.9 Å². The minimum absolute atomic E-state index is 0.00115. The topological polar surface area (TPSA) is 139 Å². The fourth-order valence-corrected chi connectivity index (χ4v) is 8.09. The Labute approximate surface area is 226 Å². The first-order chi connectivity index (χ1) is 18.2.